The molecule has 0 atom stereocenters. The van der Waals surface area contributed by atoms with Gasteiger partial charge in [-0.25, -0.2) is 0 Å². The maximum absolute atomic E-state index is 12.8. The number of hydrogen-bond acceptors (Lipinski definition) is 2. The molecular weight excluding hydrogens is 322 g/mol. The normalized spacial score (nSPS) is 11.0. The Morgan fingerprint density at radius 3 is 2.31 bits per heavy atom. The molecule has 3 rings (SSSR count). The molecule has 0 saturated carbocycles. The van der Waals surface area contributed by atoms with Gasteiger partial charge < -0.3 is 4.90 Å². The molecule has 4 nitrogen and oxygen atoms in total. The van der Waals surface area contributed by atoms with E-state index in [9.17, 15) is 4.79 Å². The van der Waals surface area contributed by atoms with E-state index < -0.39 is 0 Å². The lowest BCUT2D eigenvalue weighted by atomic mass is 10.1. The quantitative estimate of drug-likeness (QED) is 0.612. The van der Waals surface area contributed by atoms with Crippen molar-refractivity contribution in [2.75, 3.05) is 6.54 Å². The van der Waals surface area contributed by atoms with Crippen LogP contribution in [0.15, 0.2) is 79.1 Å². The van der Waals surface area contributed by atoms with E-state index >= 15 is 0 Å². The topological polar surface area (TPSA) is 38.1 Å². The lowest BCUT2D eigenvalue weighted by molar-refractivity contribution is -0.126. The minimum absolute atomic E-state index is 0.00800. The zero-order chi connectivity index (χ0) is 18.2. The van der Waals surface area contributed by atoms with E-state index in [1.165, 1.54) is 5.56 Å². The lowest BCUT2D eigenvalue weighted by Crippen LogP contribution is -2.31. The number of carbonyl (C=O) groups excluding carboxylic acids is 1. The van der Waals surface area contributed by atoms with Crippen LogP contribution in [0.2, 0.25) is 0 Å². The average molecular weight is 345 g/mol. The summed E-state index contributed by atoms with van der Waals surface area (Å²) in [5.41, 5.74) is 3.28. The zero-order valence-corrected chi connectivity index (χ0v) is 15.0. The van der Waals surface area contributed by atoms with Crippen molar-refractivity contribution in [3.05, 3.63) is 95.8 Å². The van der Waals surface area contributed by atoms with Crippen molar-refractivity contribution in [3.63, 3.8) is 0 Å². The second kappa shape index (κ2) is 8.81. The molecular formula is C22H23N3O. The standard InChI is InChI=1S/C22H23N3O/c1-24-17-21(16-23-24)12-13-22(26)25(18-20-10-6-3-7-11-20)15-14-19-8-4-2-5-9-19/h2-13,16-17H,14-15,18H2,1H3/b13-12+. The third kappa shape index (κ3) is 5.18. The molecule has 0 unspecified atom stereocenters. The summed E-state index contributed by atoms with van der Waals surface area (Å²) < 4.78 is 1.72. The summed E-state index contributed by atoms with van der Waals surface area (Å²) in [5.74, 6) is 0.00800. The fourth-order valence-electron chi connectivity index (χ4n) is 2.78. The fraction of sp³-hybridized carbons (Fsp3) is 0.182. The summed E-state index contributed by atoms with van der Waals surface area (Å²) in [6, 6.07) is 20.3. The van der Waals surface area contributed by atoms with Crippen LogP contribution in [-0.4, -0.2) is 27.1 Å². The number of hydrogen-bond donors (Lipinski definition) is 0. The Kier molecular flexibility index (Phi) is 5.99. The van der Waals surface area contributed by atoms with Crippen LogP contribution in [0.25, 0.3) is 6.08 Å². The second-order valence-corrected chi connectivity index (χ2v) is 6.26. The number of amides is 1. The smallest absolute Gasteiger partial charge is 0.246 e. The van der Waals surface area contributed by atoms with Crippen molar-refractivity contribution < 1.29 is 4.79 Å². The third-order valence-electron chi connectivity index (χ3n) is 4.18. The highest BCUT2D eigenvalue weighted by molar-refractivity contribution is 5.91. The van der Waals surface area contributed by atoms with Gasteiger partial charge in [-0.05, 0) is 23.6 Å². The Bertz CT molecular complexity index is 853. The first-order valence-electron chi connectivity index (χ1n) is 8.74. The molecule has 0 radical (unpaired) electrons. The molecule has 4 heteroatoms. The van der Waals surface area contributed by atoms with Gasteiger partial charge in [0, 0.05) is 38.0 Å². The summed E-state index contributed by atoms with van der Waals surface area (Å²) in [6.45, 7) is 1.28. The molecule has 0 aliphatic rings. The Morgan fingerprint density at radius 2 is 1.69 bits per heavy atom. The zero-order valence-electron chi connectivity index (χ0n) is 15.0. The van der Waals surface area contributed by atoms with Crippen molar-refractivity contribution in [1.29, 1.82) is 0 Å². The molecule has 2 aromatic carbocycles. The minimum Gasteiger partial charge on any atom is -0.335 e. The van der Waals surface area contributed by atoms with Gasteiger partial charge in [-0.3, -0.25) is 9.48 Å². The van der Waals surface area contributed by atoms with E-state index in [1.807, 2.05) is 72.8 Å². The van der Waals surface area contributed by atoms with Crippen LogP contribution in [0.3, 0.4) is 0 Å². The minimum atomic E-state index is 0.00800. The van der Waals surface area contributed by atoms with Gasteiger partial charge in [-0.15, -0.1) is 0 Å². The van der Waals surface area contributed by atoms with Crippen LogP contribution in [0.4, 0.5) is 0 Å². The Balaban J connectivity index is 1.70. The number of aryl methyl sites for hydroxylation is 1. The first-order valence-corrected chi connectivity index (χ1v) is 8.74. The van der Waals surface area contributed by atoms with Gasteiger partial charge in [-0.2, -0.15) is 5.10 Å². The summed E-state index contributed by atoms with van der Waals surface area (Å²) in [6.07, 6.45) is 7.91. The van der Waals surface area contributed by atoms with E-state index in [4.69, 9.17) is 0 Å². The average Bonchev–Trinajstić information content (AvgIpc) is 3.10. The highest BCUT2D eigenvalue weighted by Crippen LogP contribution is 2.09. The molecule has 1 amide bonds. The van der Waals surface area contributed by atoms with Gasteiger partial charge in [-0.1, -0.05) is 60.7 Å². The van der Waals surface area contributed by atoms with Gasteiger partial charge in [0.05, 0.1) is 6.20 Å². The third-order valence-corrected chi connectivity index (χ3v) is 4.18. The van der Waals surface area contributed by atoms with E-state index in [1.54, 1.807) is 17.0 Å². The molecule has 0 saturated heterocycles. The fourth-order valence-corrected chi connectivity index (χ4v) is 2.78. The monoisotopic (exact) mass is 345 g/mol. The van der Waals surface area contributed by atoms with Crippen molar-refractivity contribution in [1.82, 2.24) is 14.7 Å². The molecule has 0 spiro atoms. The molecule has 0 bridgehead atoms. The summed E-state index contributed by atoms with van der Waals surface area (Å²) in [5, 5.41) is 4.12. The highest BCUT2D eigenvalue weighted by atomic mass is 16.2. The molecule has 26 heavy (non-hydrogen) atoms. The number of rotatable bonds is 7. The number of aromatic nitrogens is 2. The Hall–Kier alpha value is -3.14. The first-order chi connectivity index (χ1) is 12.7. The lowest BCUT2D eigenvalue weighted by Gasteiger charge is -2.21. The van der Waals surface area contributed by atoms with Crippen molar-refractivity contribution >= 4 is 12.0 Å². The predicted octanol–water partition coefficient (Wildman–Crippen LogP) is 3.70. The Labute approximate surface area is 154 Å². The van der Waals surface area contributed by atoms with Crippen molar-refractivity contribution in [2.45, 2.75) is 13.0 Å². The van der Waals surface area contributed by atoms with Crippen LogP contribution < -0.4 is 0 Å². The largest absolute Gasteiger partial charge is 0.335 e. The van der Waals surface area contributed by atoms with Crippen LogP contribution in [-0.2, 0) is 24.8 Å². The van der Waals surface area contributed by atoms with Crippen LogP contribution >= 0.6 is 0 Å². The maximum Gasteiger partial charge on any atom is 0.246 e. The van der Waals surface area contributed by atoms with Gasteiger partial charge in [0.2, 0.25) is 5.91 Å². The van der Waals surface area contributed by atoms with Crippen molar-refractivity contribution in [2.24, 2.45) is 7.05 Å². The molecule has 0 fully saturated rings. The molecule has 1 heterocycles. The molecule has 0 N–H and O–H groups in total. The summed E-state index contributed by atoms with van der Waals surface area (Å²) in [7, 11) is 1.86. The molecule has 0 aliphatic carbocycles. The summed E-state index contributed by atoms with van der Waals surface area (Å²) in [4.78, 5) is 14.6. The number of nitrogens with zero attached hydrogens (tertiary/aromatic N) is 3. The second-order valence-electron chi connectivity index (χ2n) is 6.26. The van der Waals surface area contributed by atoms with Gasteiger partial charge >= 0.3 is 0 Å². The van der Waals surface area contributed by atoms with Crippen LogP contribution in [0.1, 0.15) is 16.7 Å². The van der Waals surface area contributed by atoms with Gasteiger partial charge in [0.15, 0.2) is 0 Å². The SMILES string of the molecule is Cn1cc(/C=C/C(=O)N(CCc2ccccc2)Cc2ccccc2)cn1. The molecule has 1 aromatic heterocycles. The van der Waals surface area contributed by atoms with E-state index in [2.05, 4.69) is 17.2 Å². The van der Waals surface area contributed by atoms with E-state index in [0.29, 0.717) is 13.1 Å². The molecule has 132 valence electrons. The van der Waals surface area contributed by atoms with Gasteiger partial charge in [0.25, 0.3) is 0 Å². The highest BCUT2D eigenvalue weighted by Gasteiger charge is 2.11. The van der Waals surface area contributed by atoms with Crippen LogP contribution in [0.5, 0.6) is 0 Å². The maximum atomic E-state index is 12.8. The molecule has 0 aliphatic heterocycles. The summed E-state index contributed by atoms with van der Waals surface area (Å²) >= 11 is 0. The number of benzene rings is 2. The first kappa shape index (κ1) is 17.7. The van der Waals surface area contributed by atoms with E-state index in [-0.39, 0.29) is 5.91 Å². The van der Waals surface area contributed by atoms with Crippen molar-refractivity contribution in [3.8, 4) is 0 Å². The predicted molar refractivity (Wildman–Crippen MR) is 104 cm³/mol. The van der Waals surface area contributed by atoms with E-state index in [0.717, 1.165) is 17.5 Å². The number of carbonyl (C=O) groups is 1. The molecule has 3 aromatic rings. The Morgan fingerprint density at radius 1 is 1.04 bits per heavy atom. The van der Waals surface area contributed by atoms with Crippen LogP contribution in [0, 0.1) is 0 Å². The van der Waals surface area contributed by atoms with Gasteiger partial charge in [0.1, 0.15) is 0 Å².